The van der Waals surface area contributed by atoms with Crippen molar-refractivity contribution in [3.63, 3.8) is 0 Å². The highest BCUT2D eigenvalue weighted by Crippen LogP contribution is 2.23. The first-order valence-electron chi connectivity index (χ1n) is 7.45. The van der Waals surface area contributed by atoms with Crippen LogP contribution in [0.25, 0.3) is 0 Å². The largest absolute Gasteiger partial charge is 0.423 e. The van der Waals surface area contributed by atoms with Crippen molar-refractivity contribution in [1.29, 1.82) is 0 Å². The van der Waals surface area contributed by atoms with E-state index in [0.29, 0.717) is 11.3 Å². The van der Waals surface area contributed by atoms with E-state index in [9.17, 15) is 15.0 Å². The molecular formula is C19H22O4. The second kappa shape index (κ2) is 6.14. The maximum atomic E-state index is 12.1. The lowest BCUT2D eigenvalue weighted by Crippen LogP contribution is -2.16. The highest BCUT2D eigenvalue weighted by atomic mass is 16.5. The number of carbonyl (C=O) groups is 1. The fraction of sp³-hybridized carbons (Fsp3) is 0.316. The van der Waals surface area contributed by atoms with Gasteiger partial charge in [-0.25, -0.2) is 4.79 Å². The number of hydrogen-bond acceptors (Lipinski definition) is 4. The van der Waals surface area contributed by atoms with E-state index in [1.54, 1.807) is 76.2 Å². The lowest BCUT2D eigenvalue weighted by molar-refractivity contribution is 0.0726. The molecule has 0 aliphatic carbocycles. The topological polar surface area (TPSA) is 66.8 Å². The molecule has 0 saturated heterocycles. The molecule has 2 N–H and O–H groups in total. The second-order valence-corrected chi connectivity index (χ2v) is 6.61. The highest BCUT2D eigenvalue weighted by Gasteiger charge is 2.18. The minimum absolute atomic E-state index is 0.407. The Morgan fingerprint density at radius 1 is 0.783 bits per heavy atom. The molecule has 4 heteroatoms. The van der Waals surface area contributed by atoms with Gasteiger partial charge in [-0.15, -0.1) is 0 Å². The van der Waals surface area contributed by atoms with Crippen LogP contribution < -0.4 is 4.74 Å². The van der Waals surface area contributed by atoms with Crippen LogP contribution in [0.1, 0.15) is 49.2 Å². The van der Waals surface area contributed by atoms with E-state index in [2.05, 4.69) is 0 Å². The Hall–Kier alpha value is -2.17. The van der Waals surface area contributed by atoms with Crippen LogP contribution >= 0.6 is 0 Å². The molecule has 2 aromatic rings. The van der Waals surface area contributed by atoms with Gasteiger partial charge in [0.1, 0.15) is 5.75 Å². The molecule has 0 saturated carbocycles. The summed E-state index contributed by atoms with van der Waals surface area (Å²) in [5.41, 5.74) is -0.00912. The zero-order chi connectivity index (χ0) is 17.3. The van der Waals surface area contributed by atoms with Crippen LogP contribution in [-0.4, -0.2) is 16.2 Å². The van der Waals surface area contributed by atoms with E-state index >= 15 is 0 Å². The van der Waals surface area contributed by atoms with Crippen molar-refractivity contribution in [3.05, 3.63) is 65.2 Å². The van der Waals surface area contributed by atoms with E-state index in [1.165, 1.54) is 0 Å². The lowest BCUT2D eigenvalue weighted by atomic mass is 9.97. The van der Waals surface area contributed by atoms with Crippen molar-refractivity contribution < 1.29 is 19.7 Å². The lowest BCUT2D eigenvalue weighted by Gasteiger charge is -2.18. The summed E-state index contributed by atoms with van der Waals surface area (Å²) in [5.74, 6) is -0.0575. The highest BCUT2D eigenvalue weighted by molar-refractivity contribution is 5.91. The van der Waals surface area contributed by atoms with Gasteiger partial charge in [-0.05, 0) is 63.1 Å². The number of ether oxygens (including phenoxy) is 1. The summed E-state index contributed by atoms with van der Waals surface area (Å²) in [6.45, 7) is 6.76. The Morgan fingerprint density at radius 2 is 1.17 bits per heavy atom. The zero-order valence-electron chi connectivity index (χ0n) is 13.8. The quantitative estimate of drug-likeness (QED) is 0.671. The molecule has 0 heterocycles. The number of hydrogen-bond donors (Lipinski definition) is 2. The third-order valence-electron chi connectivity index (χ3n) is 3.60. The number of rotatable bonds is 4. The van der Waals surface area contributed by atoms with Gasteiger partial charge in [0, 0.05) is 0 Å². The summed E-state index contributed by atoms with van der Waals surface area (Å²) >= 11 is 0. The SMILES string of the molecule is CC(C)(O)c1ccc(OC(=O)c2ccc(C(C)(C)O)cc2)cc1. The fourth-order valence-corrected chi connectivity index (χ4v) is 2.11. The predicted octanol–water partition coefficient (Wildman–Crippen LogP) is 3.36. The number of carbonyl (C=O) groups excluding carboxylic acids is 1. The molecule has 0 amide bonds. The third-order valence-corrected chi connectivity index (χ3v) is 3.60. The van der Waals surface area contributed by atoms with Gasteiger partial charge in [-0.2, -0.15) is 0 Å². The molecule has 0 atom stereocenters. The van der Waals surface area contributed by atoms with Gasteiger partial charge in [0.2, 0.25) is 0 Å². The Labute approximate surface area is 136 Å². The minimum atomic E-state index is -0.949. The van der Waals surface area contributed by atoms with E-state index < -0.39 is 17.2 Å². The average molecular weight is 314 g/mol. The van der Waals surface area contributed by atoms with Crippen LogP contribution in [-0.2, 0) is 11.2 Å². The third kappa shape index (κ3) is 4.41. The van der Waals surface area contributed by atoms with E-state index in [4.69, 9.17) is 4.74 Å². The maximum Gasteiger partial charge on any atom is 0.343 e. The number of aliphatic hydroxyl groups is 2. The van der Waals surface area contributed by atoms with Crippen molar-refractivity contribution in [2.24, 2.45) is 0 Å². The van der Waals surface area contributed by atoms with Crippen LogP contribution in [0.4, 0.5) is 0 Å². The smallest absolute Gasteiger partial charge is 0.343 e. The van der Waals surface area contributed by atoms with E-state index in [0.717, 1.165) is 11.1 Å². The minimum Gasteiger partial charge on any atom is -0.423 e. The van der Waals surface area contributed by atoms with Gasteiger partial charge in [0.15, 0.2) is 0 Å². The number of benzene rings is 2. The molecule has 0 unspecified atom stereocenters. The molecule has 4 nitrogen and oxygen atoms in total. The first-order chi connectivity index (χ1) is 10.6. The molecule has 2 aromatic carbocycles. The van der Waals surface area contributed by atoms with Crippen LogP contribution in [0.3, 0.4) is 0 Å². The molecule has 0 spiro atoms. The first kappa shape index (κ1) is 17.2. The standard InChI is InChI=1S/C19H22O4/c1-18(2,21)14-7-5-13(6-8-14)17(20)23-16-11-9-15(10-12-16)19(3,4)22/h5-12,21-22H,1-4H3. The van der Waals surface area contributed by atoms with E-state index in [-0.39, 0.29) is 0 Å². The van der Waals surface area contributed by atoms with Gasteiger partial charge in [0.25, 0.3) is 0 Å². The van der Waals surface area contributed by atoms with Crippen molar-refractivity contribution >= 4 is 5.97 Å². The van der Waals surface area contributed by atoms with Crippen molar-refractivity contribution in [2.45, 2.75) is 38.9 Å². The van der Waals surface area contributed by atoms with Crippen LogP contribution in [0.2, 0.25) is 0 Å². The van der Waals surface area contributed by atoms with Crippen molar-refractivity contribution in [2.75, 3.05) is 0 Å². The molecule has 0 fully saturated rings. The first-order valence-corrected chi connectivity index (χ1v) is 7.45. The Morgan fingerprint density at radius 3 is 1.57 bits per heavy atom. The summed E-state index contributed by atoms with van der Waals surface area (Å²) in [5, 5.41) is 19.8. The van der Waals surface area contributed by atoms with Crippen LogP contribution in [0, 0.1) is 0 Å². The van der Waals surface area contributed by atoms with Crippen LogP contribution in [0.15, 0.2) is 48.5 Å². The predicted molar refractivity (Wildman–Crippen MR) is 88.3 cm³/mol. The molecule has 23 heavy (non-hydrogen) atoms. The monoisotopic (exact) mass is 314 g/mol. The van der Waals surface area contributed by atoms with Gasteiger partial charge in [-0.3, -0.25) is 0 Å². The molecule has 0 bridgehead atoms. The molecule has 0 aromatic heterocycles. The Bertz CT molecular complexity index is 671. The normalized spacial score (nSPS) is 12.1. The summed E-state index contributed by atoms with van der Waals surface area (Å²) in [6, 6.07) is 13.4. The van der Waals surface area contributed by atoms with Gasteiger partial charge < -0.3 is 14.9 Å². The zero-order valence-corrected chi connectivity index (χ0v) is 13.8. The molecule has 0 radical (unpaired) electrons. The molecule has 2 rings (SSSR count). The molecular weight excluding hydrogens is 292 g/mol. The summed E-state index contributed by atoms with van der Waals surface area (Å²) < 4.78 is 5.31. The van der Waals surface area contributed by atoms with Crippen molar-refractivity contribution in [1.82, 2.24) is 0 Å². The maximum absolute atomic E-state index is 12.1. The van der Waals surface area contributed by atoms with Gasteiger partial charge >= 0.3 is 5.97 Å². The Balaban J connectivity index is 2.10. The fourth-order valence-electron chi connectivity index (χ4n) is 2.11. The average Bonchev–Trinajstić information content (AvgIpc) is 2.46. The number of esters is 1. The Kier molecular flexibility index (Phi) is 4.59. The molecule has 0 aliphatic heterocycles. The molecule has 0 aliphatic rings. The van der Waals surface area contributed by atoms with E-state index in [1.807, 2.05) is 0 Å². The van der Waals surface area contributed by atoms with Gasteiger partial charge in [-0.1, -0.05) is 24.3 Å². The molecule has 122 valence electrons. The summed E-state index contributed by atoms with van der Waals surface area (Å²) in [7, 11) is 0. The second-order valence-electron chi connectivity index (χ2n) is 6.61. The summed E-state index contributed by atoms with van der Waals surface area (Å²) in [4.78, 5) is 12.1. The van der Waals surface area contributed by atoms with Crippen LogP contribution in [0.5, 0.6) is 5.75 Å². The summed E-state index contributed by atoms with van der Waals surface area (Å²) in [6.07, 6.45) is 0. The van der Waals surface area contributed by atoms with Gasteiger partial charge in [0.05, 0.1) is 16.8 Å². The van der Waals surface area contributed by atoms with Crippen molar-refractivity contribution in [3.8, 4) is 5.75 Å².